The molecule has 0 nitrogen and oxygen atoms in total. The Bertz CT molecular complexity index is 445. The first-order valence-corrected chi connectivity index (χ1v) is 19.1. The van der Waals surface area contributed by atoms with Crippen LogP contribution in [0.5, 0.6) is 0 Å². The normalized spacial score (nSPS) is 9.81. The molecule has 0 heteroatoms. The first-order valence-electron chi connectivity index (χ1n) is 19.1. The Morgan fingerprint density at radius 3 is 0.571 bits per heavy atom. The van der Waals surface area contributed by atoms with Crippen LogP contribution in [0.2, 0.25) is 0 Å². The Morgan fingerprint density at radius 2 is 0.405 bits per heavy atom. The van der Waals surface area contributed by atoms with Gasteiger partial charge in [-0.05, 0) is 44.9 Å². The van der Waals surface area contributed by atoms with E-state index in [2.05, 4.69) is 54.0 Å². The van der Waals surface area contributed by atoms with E-state index < -0.39 is 0 Å². The van der Waals surface area contributed by atoms with Crippen LogP contribution in [-0.4, -0.2) is 0 Å². The smallest absolute Gasteiger partial charge is 0.0353 e. The Labute approximate surface area is 270 Å². The molecule has 0 saturated carbocycles. The minimum Gasteiger partial charge on any atom is -0.103 e. The van der Waals surface area contributed by atoms with Crippen LogP contribution in [0, 0.1) is 0 Å². The van der Waals surface area contributed by atoms with E-state index in [-0.39, 0.29) is 0 Å². The van der Waals surface area contributed by atoms with Gasteiger partial charge in [0, 0.05) is 0 Å². The summed E-state index contributed by atoms with van der Waals surface area (Å²) in [5.41, 5.74) is 0. The molecule has 0 radical (unpaired) electrons. The number of rotatable bonds is 30. The van der Waals surface area contributed by atoms with Gasteiger partial charge in [-0.3, -0.25) is 0 Å². The van der Waals surface area contributed by atoms with Gasteiger partial charge in [-0.1, -0.05) is 200 Å². The molecule has 42 heavy (non-hydrogen) atoms. The maximum Gasteiger partial charge on any atom is -0.0353 e. The van der Waals surface area contributed by atoms with Crippen LogP contribution in [0.3, 0.4) is 0 Å². The highest BCUT2D eigenvalue weighted by Crippen LogP contribution is 2.12. The van der Waals surface area contributed by atoms with Crippen LogP contribution in [0.4, 0.5) is 0 Å². The molecule has 0 atom stereocenters. The van der Waals surface area contributed by atoms with Crippen LogP contribution >= 0.6 is 0 Å². The van der Waals surface area contributed by atoms with Gasteiger partial charge in [-0.25, -0.2) is 0 Å². The molecule has 0 amide bonds. The zero-order valence-electron chi connectivity index (χ0n) is 30.4. The summed E-state index contributed by atoms with van der Waals surface area (Å²) in [5, 5.41) is 0. The van der Waals surface area contributed by atoms with Gasteiger partial charge < -0.3 is 0 Å². The molecule has 0 aliphatic carbocycles. The molecular formula is C42H84. The zero-order valence-corrected chi connectivity index (χ0v) is 30.4. The summed E-state index contributed by atoms with van der Waals surface area (Å²) >= 11 is 0. The summed E-state index contributed by atoms with van der Waals surface area (Å²) in [6.45, 7) is 23.7. The number of hydrogen-bond donors (Lipinski definition) is 0. The lowest BCUT2D eigenvalue weighted by Crippen LogP contribution is -1.81. The van der Waals surface area contributed by atoms with E-state index in [4.69, 9.17) is 0 Å². The van der Waals surface area contributed by atoms with Crippen molar-refractivity contribution in [3.8, 4) is 0 Å². The van der Waals surface area contributed by atoms with Gasteiger partial charge in [0.2, 0.25) is 0 Å². The van der Waals surface area contributed by atoms with E-state index in [0.717, 1.165) is 0 Å². The van der Waals surface area contributed by atoms with Crippen LogP contribution in [-0.2, 0) is 0 Å². The Kier molecular flexibility index (Phi) is 63.6. The molecule has 0 rings (SSSR count). The first-order chi connectivity index (χ1) is 20.7. The molecule has 0 N–H and O–H groups in total. The molecule has 0 aromatic carbocycles. The molecule has 0 aromatic heterocycles. The topological polar surface area (TPSA) is 0 Å². The van der Waals surface area contributed by atoms with Crippen molar-refractivity contribution in [3.63, 3.8) is 0 Å². The fraction of sp³-hybridized carbons (Fsp3) is 0.810. The molecule has 0 fully saturated rings. The molecule has 0 aromatic rings. The second kappa shape index (κ2) is 55.8. The van der Waals surface area contributed by atoms with Crippen molar-refractivity contribution in [1.82, 2.24) is 0 Å². The predicted octanol–water partition coefficient (Wildman–Crippen LogP) is 16.5. The van der Waals surface area contributed by atoms with E-state index in [0.29, 0.717) is 0 Å². The summed E-state index contributed by atoms with van der Waals surface area (Å²) < 4.78 is 0. The van der Waals surface area contributed by atoms with Crippen molar-refractivity contribution in [1.29, 1.82) is 0 Å². The zero-order chi connectivity index (χ0) is 32.0. The fourth-order valence-electron chi connectivity index (χ4n) is 4.62. The largest absolute Gasteiger partial charge is 0.103 e. The van der Waals surface area contributed by atoms with Crippen molar-refractivity contribution >= 4 is 0 Å². The van der Waals surface area contributed by atoms with E-state index >= 15 is 0 Å². The number of allylic oxidation sites excluding steroid dienone is 4. The molecule has 0 saturated heterocycles. The lowest BCUT2D eigenvalue weighted by atomic mass is 10.1. The average molecular weight is 589 g/mol. The van der Waals surface area contributed by atoms with Gasteiger partial charge in [0.05, 0.1) is 0 Å². The number of unbranched alkanes of at least 4 members (excludes halogenated alkanes) is 26. The second-order valence-corrected chi connectivity index (χ2v) is 12.1. The monoisotopic (exact) mass is 589 g/mol. The lowest BCUT2D eigenvalue weighted by molar-refractivity contribution is 0.550. The van der Waals surface area contributed by atoms with Crippen LogP contribution in [0.15, 0.2) is 50.6 Å². The fourth-order valence-corrected chi connectivity index (χ4v) is 4.62. The first kappa shape index (κ1) is 47.9. The van der Waals surface area contributed by atoms with Crippen molar-refractivity contribution in [2.24, 2.45) is 0 Å². The summed E-state index contributed by atoms with van der Waals surface area (Å²) in [4.78, 5) is 0. The maximum atomic E-state index is 3.74. The average Bonchev–Trinajstić information content (AvgIpc) is 3.01. The summed E-state index contributed by atoms with van der Waals surface area (Å²) in [6.07, 6.45) is 49.3. The molecule has 0 heterocycles. The van der Waals surface area contributed by atoms with Crippen molar-refractivity contribution in [2.45, 2.75) is 220 Å². The third-order valence-corrected chi connectivity index (χ3v) is 7.55. The predicted molar refractivity (Wildman–Crippen MR) is 202 cm³/mol. The van der Waals surface area contributed by atoms with E-state index in [9.17, 15) is 0 Å². The van der Waals surface area contributed by atoms with Gasteiger partial charge in [0.15, 0.2) is 0 Å². The quantitative estimate of drug-likeness (QED) is 0.0578. The van der Waals surface area contributed by atoms with Crippen molar-refractivity contribution < 1.29 is 0 Å². The highest BCUT2D eigenvalue weighted by atomic mass is 14.0. The Hall–Kier alpha value is -1.04. The third-order valence-electron chi connectivity index (χ3n) is 7.55. The summed E-state index contributed by atoms with van der Waals surface area (Å²) in [7, 11) is 0. The molecule has 0 spiro atoms. The second-order valence-electron chi connectivity index (χ2n) is 12.1. The van der Waals surface area contributed by atoms with Crippen molar-refractivity contribution in [3.05, 3.63) is 50.6 Å². The third kappa shape index (κ3) is 66.9. The van der Waals surface area contributed by atoms with E-state index in [1.54, 1.807) is 0 Å². The Morgan fingerprint density at radius 1 is 0.238 bits per heavy atom. The van der Waals surface area contributed by atoms with Gasteiger partial charge in [-0.15, -0.1) is 26.3 Å². The van der Waals surface area contributed by atoms with Crippen LogP contribution < -0.4 is 0 Å². The highest BCUT2D eigenvalue weighted by Gasteiger charge is 1.92. The molecule has 0 aliphatic heterocycles. The minimum atomic E-state index is 1.18. The van der Waals surface area contributed by atoms with Crippen molar-refractivity contribution in [2.75, 3.05) is 0 Å². The molecule has 252 valence electrons. The standard InChI is InChI=1S/C15H30.C12H24.C9H18.C6H12/c1-3-5-7-9-11-13-15-14-12-10-8-6-4-2;1-3-5-7-9-11-12-10-8-6-4-2;1-3-5-7-9-8-6-4-2;1-3-5-6-4-2/h3H,1,4-15H2,2H3;3H,1,4-12H2,2H3;3H,1,4-9H2,2H3;3H,1,4-6H2,2H3. The Balaban J connectivity index is -0.000000241. The van der Waals surface area contributed by atoms with Crippen LogP contribution in [0.25, 0.3) is 0 Å². The van der Waals surface area contributed by atoms with E-state index in [1.165, 1.54) is 193 Å². The summed E-state index contributed by atoms with van der Waals surface area (Å²) in [5.74, 6) is 0. The van der Waals surface area contributed by atoms with E-state index in [1.807, 2.05) is 24.3 Å². The molecular weight excluding hydrogens is 504 g/mol. The summed E-state index contributed by atoms with van der Waals surface area (Å²) in [6, 6.07) is 0. The van der Waals surface area contributed by atoms with Gasteiger partial charge in [0.1, 0.15) is 0 Å². The van der Waals surface area contributed by atoms with Crippen LogP contribution in [0.1, 0.15) is 220 Å². The van der Waals surface area contributed by atoms with Gasteiger partial charge in [-0.2, -0.15) is 0 Å². The molecule has 0 aliphatic rings. The van der Waals surface area contributed by atoms with Gasteiger partial charge in [0.25, 0.3) is 0 Å². The lowest BCUT2D eigenvalue weighted by Gasteiger charge is -2.01. The highest BCUT2D eigenvalue weighted by molar-refractivity contribution is 4.66. The maximum absolute atomic E-state index is 3.74. The number of hydrogen-bond acceptors (Lipinski definition) is 0. The SMILES string of the molecule is C=CCCCC.C=CCCCCCCC.C=CCCCCCCCCCC.C=CCCCCCCCCCCCCC. The molecule has 0 unspecified atom stereocenters. The molecule has 0 bridgehead atoms. The van der Waals surface area contributed by atoms with Gasteiger partial charge >= 0.3 is 0 Å². The minimum absolute atomic E-state index is 1.18.